The van der Waals surface area contributed by atoms with E-state index in [2.05, 4.69) is 4.72 Å². The third kappa shape index (κ3) is 3.43. The average Bonchev–Trinajstić information content (AvgIpc) is 2.08. The predicted molar refractivity (Wildman–Crippen MR) is 47.9 cm³/mol. The highest BCUT2D eigenvalue weighted by Crippen LogP contribution is 2.17. The van der Waals surface area contributed by atoms with E-state index in [-0.39, 0.29) is 12.4 Å². The van der Waals surface area contributed by atoms with Crippen LogP contribution in [0, 0.1) is 5.82 Å². The molecule has 0 radical (unpaired) electrons. The molecular weight excluding hydrogens is 193 g/mol. The van der Waals surface area contributed by atoms with E-state index in [4.69, 9.17) is 5.11 Å². The van der Waals surface area contributed by atoms with Crippen LogP contribution >= 0.6 is 11.9 Å². The lowest BCUT2D eigenvalue weighted by Gasteiger charge is -2.01. The van der Waals surface area contributed by atoms with Gasteiger partial charge in [-0.15, -0.1) is 0 Å². The van der Waals surface area contributed by atoms with Gasteiger partial charge in [0.25, 0.3) is 0 Å². The number of rotatable bonds is 4. The molecule has 0 atom stereocenters. The molecule has 0 bridgehead atoms. The lowest BCUT2D eigenvalue weighted by Crippen LogP contribution is -2.15. The Balaban J connectivity index is 2.45. The molecule has 1 aromatic rings. The minimum Gasteiger partial charge on any atom is -0.480 e. The smallest absolute Gasteiger partial charge is 0.318 e. The van der Waals surface area contributed by atoms with Crippen LogP contribution < -0.4 is 4.72 Å². The van der Waals surface area contributed by atoms with E-state index in [9.17, 15) is 9.18 Å². The van der Waals surface area contributed by atoms with Gasteiger partial charge in [0, 0.05) is 0 Å². The van der Waals surface area contributed by atoms with Gasteiger partial charge in [-0.2, -0.15) is 0 Å². The highest BCUT2D eigenvalue weighted by Gasteiger charge is 2.01. The normalized spacial score (nSPS) is 9.92. The number of carboxylic acids is 1. The molecule has 0 saturated heterocycles. The summed E-state index contributed by atoms with van der Waals surface area (Å²) in [6.45, 7) is -0.195. The molecule has 0 unspecified atom stereocenters. The monoisotopic (exact) mass is 201 g/mol. The Hall–Kier alpha value is -1.07. The summed E-state index contributed by atoms with van der Waals surface area (Å²) < 4.78 is 15.4. The van der Waals surface area contributed by atoms with Crippen molar-refractivity contribution in [1.29, 1.82) is 0 Å². The van der Waals surface area contributed by atoms with E-state index >= 15 is 0 Å². The molecule has 0 heterocycles. The van der Waals surface area contributed by atoms with Crippen LogP contribution in [0.3, 0.4) is 0 Å². The maximum absolute atomic E-state index is 12.9. The molecule has 0 aliphatic rings. The number of hydrogen-bond acceptors (Lipinski definition) is 3. The molecular formula is C8H8FNO2S. The van der Waals surface area contributed by atoms with Crippen molar-refractivity contribution in [3.8, 4) is 0 Å². The van der Waals surface area contributed by atoms with E-state index in [1.165, 1.54) is 6.07 Å². The minimum absolute atomic E-state index is 0.195. The quantitative estimate of drug-likeness (QED) is 0.725. The number of hydrogen-bond donors (Lipinski definition) is 2. The molecule has 1 aromatic carbocycles. The second-order valence-electron chi connectivity index (χ2n) is 2.25. The zero-order valence-corrected chi connectivity index (χ0v) is 7.47. The van der Waals surface area contributed by atoms with Crippen LogP contribution in [-0.4, -0.2) is 17.6 Å². The Labute approximate surface area is 79.1 Å². The first-order valence-corrected chi connectivity index (χ1v) is 4.38. The Morgan fingerprint density at radius 1 is 1.54 bits per heavy atom. The first kappa shape index (κ1) is 10.0. The summed E-state index contributed by atoms with van der Waals surface area (Å²) in [5.41, 5.74) is 0. The number of carboxylic acid groups (broad SMARTS) is 1. The van der Waals surface area contributed by atoms with Crippen molar-refractivity contribution in [2.45, 2.75) is 4.90 Å². The molecule has 2 N–H and O–H groups in total. The van der Waals surface area contributed by atoms with Gasteiger partial charge in [-0.3, -0.25) is 4.79 Å². The van der Waals surface area contributed by atoms with E-state index in [0.29, 0.717) is 4.90 Å². The lowest BCUT2D eigenvalue weighted by molar-refractivity contribution is -0.135. The van der Waals surface area contributed by atoms with Crippen LogP contribution in [-0.2, 0) is 4.79 Å². The van der Waals surface area contributed by atoms with Crippen LogP contribution in [0.5, 0.6) is 0 Å². The third-order valence-electron chi connectivity index (χ3n) is 1.24. The maximum Gasteiger partial charge on any atom is 0.318 e. The van der Waals surface area contributed by atoms with Crippen molar-refractivity contribution in [3.05, 3.63) is 30.1 Å². The van der Waals surface area contributed by atoms with Crippen molar-refractivity contribution in [3.63, 3.8) is 0 Å². The van der Waals surface area contributed by atoms with Gasteiger partial charge in [-0.25, -0.2) is 9.11 Å². The first-order valence-electron chi connectivity index (χ1n) is 3.56. The summed E-state index contributed by atoms with van der Waals surface area (Å²) >= 11 is 0.970. The minimum atomic E-state index is -0.969. The molecule has 0 aromatic heterocycles. The van der Waals surface area contributed by atoms with Crippen molar-refractivity contribution >= 4 is 17.9 Å². The van der Waals surface area contributed by atoms with Crippen molar-refractivity contribution in [1.82, 2.24) is 4.72 Å². The molecule has 70 valence electrons. The maximum atomic E-state index is 12.9. The van der Waals surface area contributed by atoms with Gasteiger partial charge in [-0.05, 0) is 24.1 Å². The highest BCUT2D eigenvalue weighted by molar-refractivity contribution is 7.97. The van der Waals surface area contributed by atoms with Gasteiger partial charge in [0.05, 0.1) is 4.90 Å². The van der Waals surface area contributed by atoms with E-state index in [1.54, 1.807) is 18.2 Å². The van der Waals surface area contributed by atoms with E-state index in [1.807, 2.05) is 0 Å². The molecule has 1 rings (SSSR count). The molecule has 0 aliphatic heterocycles. The van der Waals surface area contributed by atoms with Gasteiger partial charge in [-0.1, -0.05) is 12.1 Å². The van der Waals surface area contributed by atoms with Crippen molar-refractivity contribution in [2.75, 3.05) is 6.54 Å². The van der Waals surface area contributed by atoms with Gasteiger partial charge in [0.2, 0.25) is 0 Å². The summed E-state index contributed by atoms with van der Waals surface area (Å²) in [4.78, 5) is 10.5. The Kier molecular flexibility index (Phi) is 3.72. The number of carbonyl (C=O) groups is 1. The summed E-state index contributed by atoms with van der Waals surface area (Å²) in [5, 5.41) is 8.29. The first-order chi connectivity index (χ1) is 6.20. The summed E-state index contributed by atoms with van der Waals surface area (Å²) in [6.07, 6.45) is 0. The molecule has 3 nitrogen and oxygen atoms in total. The third-order valence-corrected chi connectivity index (χ3v) is 2.08. The Bertz CT molecular complexity index is 306. The molecule has 5 heteroatoms. The lowest BCUT2D eigenvalue weighted by atomic mass is 10.4. The van der Waals surface area contributed by atoms with Crippen molar-refractivity contribution < 1.29 is 14.3 Å². The standard InChI is InChI=1S/C8H8FNO2S/c9-6-3-1-2-4-7(6)13-10-5-8(11)12/h1-4,10H,5H2,(H,11,12). The molecule has 0 aliphatic carbocycles. The fraction of sp³-hybridized carbons (Fsp3) is 0.125. The fourth-order valence-electron chi connectivity index (χ4n) is 0.703. The zero-order chi connectivity index (χ0) is 9.68. The van der Waals surface area contributed by atoms with Gasteiger partial charge in [0.15, 0.2) is 0 Å². The summed E-state index contributed by atoms with van der Waals surface area (Å²) in [6, 6.07) is 6.17. The average molecular weight is 201 g/mol. The van der Waals surface area contributed by atoms with Gasteiger partial charge >= 0.3 is 5.97 Å². The second-order valence-corrected chi connectivity index (χ2v) is 3.18. The molecule has 0 saturated carbocycles. The molecule has 0 spiro atoms. The molecule has 0 amide bonds. The van der Waals surface area contributed by atoms with Gasteiger partial charge in [0.1, 0.15) is 12.4 Å². The van der Waals surface area contributed by atoms with Crippen molar-refractivity contribution in [2.24, 2.45) is 0 Å². The molecule has 0 fully saturated rings. The van der Waals surface area contributed by atoms with E-state index in [0.717, 1.165) is 11.9 Å². The Morgan fingerprint density at radius 2 is 2.23 bits per heavy atom. The van der Waals surface area contributed by atoms with Crippen LogP contribution in [0.1, 0.15) is 0 Å². The van der Waals surface area contributed by atoms with Crippen LogP contribution in [0.2, 0.25) is 0 Å². The Morgan fingerprint density at radius 3 is 2.85 bits per heavy atom. The highest BCUT2D eigenvalue weighted by atomic mass is 32.2. The SMILES string of the molecule is O=C(O)CNSc1ccccc1F. The molecule has 13 heavy (non-hydrogen) atoms. The fourth-order valence-corrected chi connectivity index (χ4v) is 1.37. The van der Waals surface area contributed by atoms with E-state index < -0.39 is 5.97 Å². The predicted octanol–water partition coefficient (Wildman–Crippen LogP) is 1.51. The topological polar surface area (TPSA) is 49.3 Å². The number of aliphatic carboxylic acids is 1. The van der Waals surface area contributed by atoms with Crippen LogP contribution in [0.15, 0.2) is 29.2 Å². The number of nitrogens with one attached hydrogen (secondary N) is 1. The number of benzene rings is 1. The summed E-state index contributed by atoms with van der Waals surface area (Å²) in [7, 11) is 0. The summed E-state index contributed by atoms with van der Waals surface area (Å²) in [5.74, 6) is -1.32. The largest absolute Gasteiger partial charge is 0.480 e. The zero-order valence-electron chi connectivity index (χ0n) is 6.66. The second kappa shape index (κ2) is 4.84. The number of halogens is 1. The van der Waals surface area contributed by atoms with Crippen LogP contribution in [0.25, 0.3) is 0 Å². The van der Waals surface area contributed by atoms with Gasteiger partial charge < -0.3 is 5.11 Å². The van der Waals surface area contributed by atoms with Crippen LogP contribution in [0.4, 0.5) is 4.39 Å².